The van der Waals surface area contributed by atoms with Crippen LogP contribution in [-0.2, 0) is 26.2 Å². The molecule has 4 heteroatoms. The zero-order chi connectivity index (χ0) is 3.54. The third kappa shape index (κ3) is 30.9. The van der Waals surface area contributed by atoms with Crippen LogP contribution in [0.4, 0.5) is 0 Å². The number of H-pyrrole nitrogens is 1. The van der Waals surface area contributed by atoms with E-state index >= 15 is 0 Å². The van der Waals surface area contributed by atoms with Gasteiger partial charge in [-0.15, -0.1) is 31.0 Å². The molecule has 0 saturated carbocycles. The zero-order valence-electron chi connectivity index (χ0n) is 8.05. The second kappa shape index (κ2) is 41.1. The van der Waals surface area contributed by atoms with Crippen LogP contribution in [0, 0.1) is 35.9 Å². The smallest absolute Gasteiger partial charge is 0 e. The molecule has 1 heterocycles. The summed E-state index contributed by atoms with van der Waals surface area (Å²) in [5.41, 5.74) is 0. The summed E-state index contributed by atoms with van der Waals surface area (Å²) in [7, 11) is 0. The molecule has 0 aliphatic rings. The van der Waals surface area contributed by atoms with E-state index in [-0.39, 0.29) is 80.7 Å². The summed E-state index contributed by atoms with van der Waals surface area (Å²) in [6.45, 7) is 0. The third-order valence-corrected chi connectivity index (χ3v) is 0.442. The minimum Gasteiger partial charge on any atom is -0.484 e. The Balaban J connectivity index is -0.00000000714. The molecular weight excluding hydrogens is 272 g/mol. The van der Waals surface area contributed by atoms with Crippen molar-refractivity contribution in [2.75, 3.05) is 0 Å². The maximum absolute atomic E-state index is 2.74. The van der Waals surface area contributed by atoms with Crippen LogP contribution in [-0.4, -0.2) is 4.98 Å². The zero-order valence-corrected chi connectivity index (χ0v) is 12.1. The van der Waals surface area contributed by atoms with E-state index in [0.29, 0.717) is 0 Å². The quantitative estimate of drug-likeness (QED) is 0.704. The van der Waals surface area contributed by atoms with Crippen molar-refractivity contribution in [3.05, 3.63) is 54.2 Å². The van der Waals surface area contributed by atoms with Gasteiger partial charge in [-0.2, -0.15) is 18.3 Å². The van der Waals surface area contributed by atoms with Gasteiger partial charge in [-0.3, -0.25) is 0 Å². The first-order valence-electron chi connectivity index (χ1n) is 1.49. The molecule has 1 aromatic rings. The fourth-order valence-corrected chi connectivity index (χ4v) is 0.241. The first-order chi connectivity index (χ1) is 2.50. The predicted octanol–water partition coefficient (Wildman–Crippen LogP) is 3.46. The van der Waals surface area contributed by atoms with Crippen molar-refractivity contribution in [2.24, 2.45) is 0 Å². The SMILES string of the molecule is Cl.Cl.[CH3-].[CH3-].[CH3-].[CH3-].[Zr].[c-]1ccc[nH]1. The summed E-state index contributed by atoms with van der Waals surface area (Å²) in [5, 5.41) is 0. The Kier molecular flexibility index (Phi) is 182. The molecule has 1 N–H and O–H groups in total. The Morgan fingerprint density at radius 3 is 1.42 bits per heavy atom. The minimum absolute atomic E-state index is 0. The normalized spacial score (nSPS) is 3.33. The maximum Gasteiger partial charge on any atom is 0 e. The molecule has 1 nitrogen and oxygen atoms in total. The van der Waals surface area contributed by atoms with Crippen LogP contribution in [0.2, 0.25) is 0 Å². The van der Waals surface area contributed by atoms with Crippen LogP contribution in [0.25, 0.3) is 0 Å². The van der Waals surface area contributed by atoms with E-state index in [4.69, 9.17) is 0 Å². The average molecular weight is 290 g/mol. The standard InChI is InChI=1S/C4H4N.4CH3.2ClH.Zr/c1-2-4-5-3-1;;;;;;;/h1-3,5H;4*1H3;2*1H;/q5*-1;;;. The summed E-state index contributed by atoms with van der Waals surface area (Å²) < 4.78 is 0. The fourth-order valence-electron chi connectivity index (χ4n) is 0.241. The number of hydrogen-bond acceptors (Lipinski definition) is 0. The first-order valence-corrected chi connectivity index (χ1v) is 1.49. The Labute approximate surface area is 110 Å². The molecule has 0 aliphatic carbocycles. The van der Waals surface area contributed by atoms with E-state index in [0.717, 1.165) is 0 Å². The number of aromatic amines is 1. The largest absolute Gasteiger partial charge is 0.484 e. The summed E-state index contributed by atoms with van der Waals surface area (Å²) >= 11 is 0. The van der Waals surface area contributed by atoms with Crippen molar-refractivity contribution in [1.29, 1.82) is 0 Å². The van der Waals surface area contributed by atoms with Gasteiger partial charge >= 0.3 is 0 Å². The van der Waals surface area contributed by atoms with Gasteiger partial charge in [0.1, 0.15) is 0 Å². The predicted molar refractivity (Wildman–Crippen MR) is 59.8 cm³/mol. The molecule has 12 heavy (non-hydrogen) atoms. The molecule has 78 valence electrons. The summed E-state index contributed by atoms with van der Waals surface area (Å²) in [6.07, 6.45) is 4.56. The van der Waals surface area contributed by atoms with Gasteiger partial charge in [0.15, 0.2) is 0 Å². The van der Waals surface area contributed by atoms with Crippen LogP contribution >= 0.6 is 24.8 Å². The van der Waals surface area contributed by atoms with Crippen LogP contribution < -0.4 is 0 Å². The van der Waals surface area contributed by atoms with Crippen LogP contribution in [0.15, 0.2) is 18.3 Å². The molecular formula is C8H18Cl2NZr-5. The summed E-state index contributed by atoms with van der Waals surface area (Å²) in [5.74, 6) is 0. The second-order valence-corrected chi connectivity index (χ2v) is 0.814. The van der Waals surface area contributed by atoms with Gasteiger partial charge in [-0.25, -0.2) is 0 Å². The van der Waals surface area contributed by atoms with Crippen LogP contribution in [0.1, 0.15) is 0 Å². The molecule has 1 rings (SSSR count). The minimum atomic E-state index is 0. The molecule has 0 saturated heterocycles. The van der Waals surface area contributed by atoms with Crippen molar-refractivity contribution in [1.82, 2.24) is 4.98 Å². The molecule has 0 fully saturated rings. The van der Waals surface area contributed by atoms with Crippen molar-refractivity contribution in [2.45, 2.75) is 0 Å². The number of hydrogen-bond donors (Lipinski definition) is 1. The number of halogens is 2. The molecule has 0 bridgehead atoms. The van der Waals surface area contributed by atoms with E-state index in [1.807, 2.05) is 18.3 Å². The van der Waals surface area contributed by atoms with Crippen LogP contribution in [0.3, 0.4) is 0 Å². The van der Waals surface area contributed by atoms with E-state index < -0.39 is 0 Å². The van der Waals surface area contributed by atoms with Gasteiger partial charge in [0.25, 0.3) is 0 Å². The van der Waals surface area contributed by atoms with Crippen molar-refractivity contribution < 1.29 is 26.2 Å². The van der Waals surface area contributed by atoms with Gasteiger partial charge in [0.2, 0.25) is 0 Å². The fraction of sp³-hybridized carbons (Fsp3) is 0. The molecule has 0 spiro atoms. The molecule has 0 aromatic carbocycles. The van der Waals surface area contributed by atoms with Crippen molar-refractivity contribution >= 4 is 24.8 Å². The van der Waals surface area contributed by atoms with Gasteiger partial charge in [0.05, 0.1) is 0 Å². The van der Waals surface area contributed by atoms with Crippen molar-refractivity contribution in [3.8, 4) is 0 Å². The molecule has 0 radical (unpaired) electrons. The summed E-state index contributed by atoms with van der Waals surface area (Å²) in [6, 6.07) is 3.71. The van der Waals surface area contributed by atoms with Crippen molar-refractivity contribution in [3.63, 3.8) is 0 Å². The molecule has 0 unspecified atom stereocenters. The first kappa shape index (κ1) is 53.3. The molecule has 0 amide bonds. The average Bonchev–Trinajstić information content (AvgIpc) is 1.76. The second-order valence-electron chi connectivity index (χ2n) is 0.814. The topological polar surface area (TPSA) is 15.8 Å². The monoisotopic (exact) mass is 288 g/mol. The Morgan fingerprint density at radius 2 is 1.33 bits per heavy atom. The summed E-state index contributed by atoms with van der Waals surface area (Å²) in [4.78, 5) is 2.74. The maximum atomic E-state index is 2.74. The van der Waals surface area contributed by atoms with E-state index in [2.05, 4.69) is 11.2 Å². The number of aromatic nitrogens is 1. The van der Waals surface area contributed by atoms with Crippen LogP contribution in [0.5, 0.6) is 0 Å². The van der Waals surface area contributed by atoms with Gasteiger partial charge in [-0.1, -0.05) is 0 Å². The van der Waals surface area contributed by atoms with Gasteiger partial charge < -0.3 is 34.7 Å². The van der Waals surface area contributed by atoms with E-state index in [1.165, 1.54) is 0 Å². The van der Waals surface area contributed by atoms with Gasteiger partial charge in [0, 0.05) is 26.2 Å². The third-order valence-electron chi connectivity index (χ3n) is 0.442. The Morgan fingerprint density at radius 1 is 0.917 bits per heavy atom. The van der Waals surface area contributed by atoms with E-state index in [1.54, 1.807) is 0 Å². The number of nitrogens with one attached hydrogen (secondary N) is 1. The van der Waals surface area contributed by atoms with E-state index in [9.17, 15) is 0 Å². The molecule has 0 aliphatic heterocycles. The molecule has 1 aromatic heterocycles. The Bertz CT molecular complexity index is 73.5. The van der Waals surface area contributed by atoms with Gasteiger partial charge in [-0.05, 0) is 0 Å². The molecule has 0 atom stereocenters. The Hall–Kier alpha value is 0.743. The number of rotatable bonds is 0.